The summed E-state index contributed by atoms with van der Waals surface area (Å²) in [4.78, 5) is 4.25. The maximum absolute atomic E-state index is 8.43. The average Bonchev–Trinajstić information content (AvgIpc) is 1.89. The Labute approximate surface area is 62.4 Å². The lowest BCUT2D eigenvalue weighted by molar-refractivity contribution is -0.300. The summed E-state index contributed by atoms with van der Waals surface area (Å²) in [5.74, 6) is 0. The first-order chi connectivity index (χ1) is 4.54. The van der Waals surface area contributed by atoms with Gasteiger partial charge in [-0.15, -0.1) is 0 Å². The Kier molecular flexibility index (Phi) is 3.61. The van der Waals surface area contributed by atoms with Crippen LogP contribution in [0.3, 0.4) is 0 Å². The van der Waals surface area contributed by atoms with Crippen LogP contribution < -0.4 is 0 Å². The third kappa shape index (κ3) is 2.50. The lowest BCUT2D eigenvalue weighted by Crippen LogP contribution is -2.24. The molecule has 0 aromatic heterocycles. The molecule has 0 fully saturated rings. The van der Waals surface area contributed by atoms with E-state index >= 15 is 0 Å². The molecule has 0 bridgehead atoms. The molecular formula is C8H16O2. The highest BCUT2D eigenvalue weighted by Gasteiger charge is 2.21. The molecule has 60 valence electrons. The van der Waals surface area contributed by atoms with Crippen molar-refractivity contribution in [3.8, 4) is 0 Å². The summed E-state index contributed by atoms with van der Waals surface area (Å²) in [5, 5.41) is 8.43. The van der Waals surface area contributed by atoms with Crippen molar-refractivity contribution >= 4 is 0 Å². The lowest BCUT2D eigenvalue weighted by atomic mass is 9.96. The molecule has 2 heteroatoms. The van der Waals surface area contributed by atoms with Crippen LogP contribution >= 0.6 is 0 Å². The highest BCUT2D eigenvalue weighted by atomic mass is 17.1. The quantitative estimate of drug-likeness (QED) is 0.373. The standard InChI is InChI=1S/C8H16O2/c1-5-6-7(2)8(3,4)10-9/h9H,2,5-6H2,1,3-4H3. The average molecular weight is 144 g/mol. The van der Waals surface area contributed by atoms with Gasteiger partial charge in [0.25, 0.3) is 0 Å². The van der Waals surface area contributed by atoms with Crippen LogP contribution in [0.15, 0.2) is 12.2 Å². The molecular weight excluding hydrogens is 128 g/mol. The van der Waals surface area contributed by atoms with Gasteiger partial charge in [0.15, 0.2) is 0 Å². The molecule has 0 aliphatic rings. The fraction of sp³-hybridized carbons (Fsp3) is 0.750. The van der Waals surface area contributed by atoms with Crippen LogP contribution in [-0.4, -0.2) is 10.9 Å². The van der Waals surface area contributed by atoms with Crippen molar-refractivity contribution < 1.29 is 10.1 Å². The normalized spacial score (nSPS) is 11.6. The highest BCUT2D eigenvalue weighted by Crippen LogP contribution is 2.21. The smallest absolute Gasteiger partial charge is 0.118 e. The van der Waals surface area contributed by atoms with Crippen LogP contribution in [0.2, 0.25) is 0 Å². The van der Waals surface area contributed by atoms with Crippen LogP contribution in [-0.2, 0) is 4.89 Å². The minimum absolute atomic E-state index is 0.587. The van der Waals surface area contributed by atoms with Gasteiger partial charge in [0, 0.05) is 0 Å². The zero-order chi connectivity index (χ0) is 8.20. The lowest BCUT2D eigenvalue weighted by Gasteiger charge is -2.22. The SMILES string of the molecule is C=C(CCC)C(C)(C)OO. The zero-order valence-corrected chi connectivity index (χ0v) is 6.98. The van der Waals surface area contributed by atoms with Crippen molar-refractivity contribution in [3.05, 3.63) is 12.2 Å². The van der Waals surface area contributed by atoms with Crippen molar-refractivity contribution in [1.82, 2.24) is 0 Å². The minimum atomic E-state index is -0.587. The molecule has 0 atom stereocenters. The van der Waals surface area contributed by atoms with Gasteiger partial charge in [-0.25, -0.2) is 4.89 Å². The molecule has 0 aliphatic carbocycles. The van der Waals surface area contributed by atoms with Gasteiger partial charge < -0.3 is 0 Å². The summed E-state index contributed by atoms with van der Waals surface area (Å²) in [5.41, 5.74) is 0.341. The number of rotatable bonds is 4. The van der Waals surface area contributed by atoms with Gasteiger partial charge >= 0.3 is 0 Å². The Morgan fingerprint density at radius 2 is 2.10 bits per heavy atom. The molecule has 10 heavy (non-hydrogen) atoms. The Morgan fingerprint density at radius 3 is 2.40 bits per heavy atom. The van der Waals surface area contributed by atoms with E-state index in [9.17, 15) is 0 Å². The monoisotopic (exact) mass is 144 g/mol. The van der Waals surface area contributed by atoms with Crippen LogP contribution in [0.1, 0.15) is 33.6 Å². The van der Waals surface area contributed by atoms with Gasteiger partial charge in [-0.2, -0.15) is 0 Å². The van der Waals surface area contributed by atoms with Gasteiger partial charge in [-0.1, -0.05) is 19.9 Å². The Morgan fingerprint density at radius 1 is 1.60 bits per heavy atom. The first-order valence-electron chi connectivity index (χ1n) is 3.55. The second-order valence-corrected chi connectivity index (χ2v) is 2.96. The molecule has 0 rings (SSSR count). The first-order valence-corrected chi connectivity index (χ1v) is 3.55. The molecule has 0 saturated heterocycles. The van der Waals surface area contributed by atoms with Gasteiger partial charge in [-0.3, -0.25) is 5.26 Å². The van der Waals surface area contributed by atoms with E-state index in [4.69, 9.17) is 5.26 Å². The minimum Gasteiger partial charge on any atom is -0.251 e. The summed E-state index contributed by atoms with van der Waals surface area (Å²) in [7, 11) is 0. The maximum Gasteiger partial charge on any atom is 0.118 e. The maximum atomic E-state index is 8.43. The molecule has 0 aliphatic heterocycles. The van der Waals surface area contributed by atoms with Crippen molar-refractivity contribution in [2.45, 2.75) is 39.2 Å². The Hall–Kier alpha value is -0.340. The van der Waals surface area contributed by atoms with Crippen LogP contribution in [0.4, 0.5) is 0 Å². The summed E-state index contributed by atoms with van der Waals surface area (Å²) < 4.78 is 0. The van der Waals surface area contributed by atoms with Crippen molar-refractivity contribution in [3.63, 3.8) is 0 Å². The number of hydrogen-bond acceptors (Lipinski definition) is 2. The number of hydrogen-bond donors (Lipinski definition) is 1. The third-order valence-corrected chi connectivity index (χ3v) is 1.63. The van der Waals surface area contributed by atoms with E-state index in [0.29, 0.717) is 0 Å². The fourth-order valence-corrected chi connectivity index (χ4v) is 0.667. The largest absolute Gasteiger partial charge is 0.251 e. The molecule has 0 aromatic rings. The van der Waals surface area contributed by atoms with Crippen LogP contribution in [0, 0.1) is 0 Å². The van der Waals surface area contributed by atoms with Gasteiger partial charge in [0.2, 0.25) is 0 Å². The molecule has 1 N–H and O–H groups in total. The zero-order valence-electron chi connectivity index (χ0n) is 6.98. The van der Waals surface area contributed by atoms with Gasteiger partial charge in [0.05, 0.1) is 0 Å². The molecule has 0 saturated carbocycles. The molecule has 0 heterocycles. The molecule has 0 unspecified atom stereocenters. The van der Waals surface area contributed by atoms with Crippen molar-refractivity contribution in [1.29, 1.82) is 0 Å². The summed E-state index contributed by atoms with van der Waals surface area (Å²) in [6.07, 6.45) is 1.93. The Balaban J connectivity index is 3.91. The van der Waals surface area contributed by atoms with Crippen LogP contribution in [0.25, 0.3) is 0 Å². The molecule has 2 nitrogen and oxygen atoms in total. The van der Waals surface area contributed by atoms with E-state index in [1.807, 2.05) is 0 Å². The predicted octanol–water partition coefficient (Wildman–Crippen LogP) is 2.61. The van der Waals surface area contributed by atoms with E-state index in [2.05, 4.69) is 18.4 Å². The third-order valence-electron chi connectivity index (χ3n) is 1.63. The van der Waals surface area contributed by atoms with Crippen LogP contribution in [0.5, 0.6) is 0 Å². The summed E-state index contributed by atoms with van der Waals surface area (Å²) in [6.45, 7) is 9.46. The molecule has 0 radical (unpaired) electrons. The molecule has 0 spiro atoms. The van der Waals surface area contributed by atoms with E-state index in [0.717, 1.165) is 18.4 Å². The predicted molar refractivity (Wildman–Crippen MR) is 41.8 cm³/mol. The van der Waals surface area contributed by atoms with E-state index in [-0.39, 0.29) is 0 Å². The first kappa shape index (κ1) is 9.66. The van der Waals surface area contributed by atoms with E-state index in [1.54, 1.807) is 13.8 Å². The van der Waals surface area contributed by atoms with Crippen molar-refractivity contribution in [2.24, 2.45) is 0 Å². The molecule has 0 amide bonds. The molecule has 0 aromatic carbocycles. The Bertz CT molecular complexity index is 116. The van der Waals surface area contributed by atoms with E-state index in [1.165, 1.54) is 0 Å². The second kappa shape index (κ2) is 3.74. The summed E-state index contributed by atoms with van der Waals surface area (Å²) >= 11 is 0. The second-order valence-electron chi connectivity index (χ2n) is 2.96. The topological polar surface area (TPSA) is 29.5 Å². The van der Waals surface area contributed by atoms with E-state index < -0.39 is 5.60 Å². The van der Waals surface area contributed by atoms with Gasteiger partial charge in [0.1, 0.15) is 5.60 Å². The highest BCUT2D eigenvalue weighted by molar-refractivity contribution is 5.08. The fourth-order valence-electron chi connectivity index (χ4n) is 0.667. The van der Waals surface area contributed by atoms with Gasteiger partial charge in [-0.05, 0) is 25.8 Å². The van der Waals surface area contributed by atoms with Crippen molar-refractivity contribution in [2.75, 3.05) is 0 Å². The summed E-state index contributed by atoms with van der Waals surface area (Å²) in [6, 6.07) is 0.